The van der Waals surface area contributed by atoms with Gasteiger partial charge in [0.1, 0.15) is 18.1 Å². The second-order valence-corrected chi connectivity index (χ2v) is 10.0. The van der Waals surface area contributed by atoms with Crippen molar-refractivity contribution in [1.29, 1.82) is 0 Å². The molecule has 1 heterocycles. The van der Waals surface area contributed by atoms with Crippen LogP contribution in [-0.2, 0) is 14.8 Å². The number of nitro groups is 1. The third-order valence-corrected chi connectivity index (χ3v) is 7.43. The van der Waals surface area contributed by atoms with E-state index in [1.54, 1.807) is 42.5 Å². The zero-order valence-electron chi connectivity index (χ0n) is 21.4. The number of carbonyl (C=O) groups excluding carboxylic acids is 1. The molecule has 0 aliphatic carbocycles. The molecule has 206 valence electrons. The summed E-state index contributed by atoms with van der Waals surface area (Å²) in [6.45, 7) is -0.587. The van der Waals surface area contributed by atoms with E-state index in [2.05, 4.69) is 10.5 Å². The van der Waals surface area contributed by atoms with E-state index in [0.29, 0.717) is 22.8 Å². The number of hydrogen-bond acceptors (Lipinski definition) is 9. The summed E-state index contributed by atoms with van der Waals surface area (Å²) < 4.78 is 44.1. The molecule has 4 aromatic rings. The normalized spacial score (nSPS) is 11.2. The van der Waals surface area contributed by atoms with Gasteiger partial charge in [-0.3, -0.25) is 19.2 Å². The third kappa shape index (κ3) is 6.27. The molecule has 3 aromatic carbocycles. The number of ether oxygens (including phenoxy) is 2. The SMILES string of the molecule is COc1ccc(N(CC(=O)N/N=C\c2ccc(-c3ccc([N+](=O)[O-])cc3)o2)S(=O)(=O)c2ccccc2)cc1OC. The first kappa shape index (κ1) is 27.9. The Morgan fingerprint density at radius 2 is 1.70 bits per heavy atom. The molecule has 0 saturated heterocycles. The van der Waals surface area contributed by atoms with E-state index in [1.807, 2.05) is 0 Å². The van der Waals surface area contributed by atoms with E-state index in [1.165, 1.54) is 62.9 Å². The van der Waals surface area contributed by atoms with Crippen LogP contribution in [0, 0.1) is 10.1 Å². The minimum Gasteiger partial charge on any atom is -0.493 e. The maximum absolute atomic E-state index is 13.5. The van der Waals surface area contributed by atoms with Gasteiger partial charge in [-0.1, -0.05) is 18.2 Å². The summed E-state index contributed by atoms with van der Waals surface area (Å²) >= 11 is 0. The van der Waals surface area contributed by atoms with E-state index in [0.717, 1.165) is 4.31 Å². The van der Waals surface area contributed by atoms with Crippen LogP contribution in [0.1, 0.15) is 5.76 Å². The van der Waals surface area contributed by atoms with E-state index in [4.69, 9.17) is 13.9 Å². The maximum atomic E-state index is 13.5. The molecule has 0 radical (unpaired) electrons. The number of sulfonamides is 1. The number of non-ortho nitro benzene ring substituents is 1. The molecule has 13 heteroatoms. The highest BCUT2D eigenvalue weighted by Crippen LogP contribution is 2.33. The van der Waals surface area contributed by atoms with Crippen LogP contribution in [0.2, 0.25) is 0 Å². The Morgan fingerprint density at radius 1 is 1.00 bits per heavy atom. The summed E-state index contributed by atoms with van der Waals surface area (Å²) in [6, 6.07) is 21.3. The molecule has 0 spiro atoms. The number of nitro benzene ring substituents is 1. The minimum atomic E-state index is -4.14. The van der Waals surface area contributed by atoms with Crippen molar-refractivity contribution in [3.8, 4) is 22.8 Å². The van der Waals surface area contributed by atoms with Gasteiger partial charge in [-0.2, -0.15) is 5.10 Å². The van der Waals surface area contributed by atoms with Crippen LogP contribution in [0.15, 0.2) is 99.3 Å². The molecule has 0 aliphatic rings. The molecular formula is C27H24N4O8S. The van der Waals surface area contributed by atoms with Gasteiger partial charge in [-0.15, -0.1) is 0 Å². The molecule has 0 saturated carbocycles. The number of nitrogens with one attached hydrogen (secondary N) is 1. The molecule has 1 N–H and O–H groups in total. The summed E-state index contributed by atoms with van der Waals surface area (Å²) in [4.78, 5) is 23.2. The lowest BCUT2D eigenvalue weighted by atomic mass is 10.1. The number of anilines is 1. The largest absolute Gasteiger partial charge is 0.493 e. The summed E-state index contributed by atoms with van der Waals surface area (Å²) in [7, 11) is -1.27. The van der Waals surface area contributed by atoms with Gasteiger partial charge in [-0.05, 0) is 48.5 Å². The van der Waals surface area contributed by atoms with Gasteiger partial charge >= 0.3 is 0 Å². The van der Waals surface area contributed by atoms with Crippen LogP contribution in [0.4, 0.5) is 11.4 Å². The highest BCUT2D eigenvalue weighted by atomic mass is 32.2. The number of hydrazone groups is 1. The molecule has 0 unspecified atom stereocenters. The zero-order valence-corrected chi connectivity index (χ0v) is 22.2. The zero-order chi connectivity index (χ0) is 28.7. The Kier molecular flexibility index (Phi) is 8.45. The van der Waals surface area contributed by atoms with Crippen LogP contribution >= 0.6 is 0 Å². The Labute approximate surface area is 229 Å². The predicted molar refractivity (Wildman–Crippen MR) is 147 cm³/mol. The van der Waals surface area contributed by atoms with Gasteiger partial charge in [-0.25, -0.2) is 13.8 Å². The molecule has 12 nitrogen and oxygen atoms in total. The lowest BCUT2D eigenvalue weighted by Crippen LogP contribution is -2.39. The average molecular weight is 565 g/mol. The molecule has 0 fully saturated rings. The van der Waals surface area contributed by atoms with E-state index >= 15 is 0 Å². The fraction of sp³-hybridized carbons (Fsp3) is 0.111. The van der Waals surface area contributed by atoms with E-state index in [9.17, 15) is 23.3 Å². The van der Waals surface area contributed by atoms with Crippen LogP contribution in [-0.4, -0.2) is 46.2 Å². The maximum Gasteiger partial charge on any atom is 0.269 e. The Hall–Kier alpha value is -5.17. The van der Waals surface area contributed by atoms with Crippen molar-refractivity contribution in [3.63, 3.8) is 0 Å². The molecular weight excluding hydrogens is 540 g/mol. The smallest absolute Gasteiger partial charge is 0.269 e. The average Bonchev–Trinajstić information content (AvgIpc) is 3.45. The first-order valence-electron chi connectivity index (χ1n) is 11.7. The van der Waals surface area contributed by atoms with Crippen LogP contribution in [0.25, 0.3) is 11.3 Å². The Bertz CT molecular complexity index is 1630. The van der Waals surface area contributed by atoms with Gasteiger partial charge in [0.2, 0.25) is 0 Å². The van der Waals surface area contributed by atoms with E-state index < -0.39 is 27.4 Å². The summed E-state index contributed by atoms with van der Waals surface area (Å²) in [5, 5.41) is 14.7. The number of carbonyl (C=O) groups is 1. The van der Waals surface area contributed by atoms with Crippen LogP contribution in [0.3, 0.4) is 0 Å². The molecule has 4 rings (SSSR count). The number of furan rings is 1. The highest BCUT2D eigenvalue weighted by molar-refractivity contribution is 7.92. The van der Waals surface area contributed by atoms with Crippen molar-refractivity contribution in [2.24, 2.45) is 5.10 Å². The third-order valence-electron chi connectivity index (χ3n) is 5.64. The fourth-order valence-electron chi connectivity index (χ4n) is 3.67. The topological polar surface area (TPSA) is 154 Å². The molecule has 0 aliphatic heterocycles. The summed E-state index contributed by atoms with van der Waals surface area (Å²) in [5.74, 6) is 0.698. The summed E-state index contributed by atoms with van der Waals surface area (Å²) in [5.41, 5.74) is 3.06. The van der Waals surface area contributed by atoms with Crippen molar-refractivity contribution in [2.75, 3.05) is 25.1 Å². The van der Waals surface area contributed by atoms with Crippen LogP contribution in [0.5, 0.6) is 11.5 Å². The second-order valence-electron chi connectivity index (χ2n) is 8.16. The number of nitrogens with zero attached hydrogens (tertiary/aromatic N) is 3. The fourth-order valence-corrected chi connectivity index (χ4v) is 5.11. The number of amides is 1. The van der Waals surface area contributed by atoms with Gasteiger partial charge in [0.15, 0.2) is 11.5 Å². The lowest BCUT2D eigenvalue weighted by Gasteiger charge is -2.24. The molecule has 40 heavy (non-hydrogen) atoms. The number of rotatable bonds is 11. The Morgan fingerprint density at radius 3 is 2.35 bits per heavy atom. The van der Waals surface area contributed by atoms with Gasteiger partial charge in [0, 0.05) is 23.8 Å². The number of hydrogen-bond donors (Lipinski definition) is 1. The van der Waals surface area contributed by atoms with Crippen molar-refractivity contribution in [2.45, 2.75) is 4.90 Å². The number of methoxy groups -OCH3 is 2. The Balaban J connectivity index is 1.51. The minimum absolute atomic E-state index is 0.00422. The first-order chi connectivity index (χ1) is 19.2. The monoisotopic (exact) mass is 564 g/mol. The van der Waals surface area contributed by atoms with Gasteiger partial charge < -0.3 is 13.9 Å². The highest BCUT2D eigenvalue weighted by Gasteiger charge is 2.28. The quantitative estimate of drug-likeness (QED) is 0.161. The van der Waals surface area contributed by atoms with Gasteiger partial charge in [0.25, 0.3) is 21.6 Å². The van der Waals surface area contributed by atoms with Crippen molar-refractivity contribution in [1.82, 2.24) is 5.43 Å². The van der Waals surface area contributed by atoms with Crippen LogP contribution < -0.4 is 19.2 Å². The molecule has 0 atom stereocenters. The first-order valence-corrected chi connectivity index (χ1v) is 13.1. The number of benzene rings is 3. The molecule has 0 bridgehead atoms. The lowest BCUT2D eigenvalue weighted by molar-refractivity contribution is -0.384. The molecule has 1 amide bonds. The predicted octanol–water partition coefficient (Wildman–Crippen LogP) is 4.22. The van der Waals surface area contributed by atoms with Crippen molar-refractivity contribution in [3.05, 3.63) is 101 Å². The van der Waals surface area contributed by atoms with Crippen molar-refractivity contribution < 1.29 is 32.0 Å². The van der Waals surface area contributed by atoms with Crippen molar-refractivity contribution >= 4 is 33.5 Å². The summed E-state index contributed by atoms with van der Waals surface area (Å²) in [6.07, 6.45) is 1.25. The van der Waals surface area contributed by atoms with E-state index in [-0.39, 0.29) is 22.0 Å². The second kappa shape index (κ2) is 12.1. The van der Waals surface area contributed by atoms with Gasteiger partial charge in [0.05, 0.1) is 35.9 Å². The molecule has 1 aromatic heterocycles. The standard InChI is InChI=1S/C27H24N4O8S/c1-37-25-14-12-21(16-26(25)38-2)30(40(35,36)23-6-4-3-5-7-23)18-27(32)29-28-17-22-13-15-24(39-22)19-8-10-20(11-9-19)31(33)34/h3-17H,18H2,1-2H3,(H,29,32)/b28-17-.